The summed E-state index contributed by atoms with van der Waals surface area (Å²) in [6.45, 7) is 1.68. The standard InChI is InChI=1S/C12H14ClFO2/c1-7-8(6-12(15)3-4-12)11(16-2)9(13)5-10(7)14/h5,15H,3-4,6H2,1-2H3. The molecule has 88 valence electrons. The summed E-state index contributed by atoms with van der Waals surface area (Å²) < 4.78 is 18.7. The molecule has 1 aromatic rings. The molecule has 1 aromatic carbocycles. The second kappa shape index (κ2) is 3.90. The Kier molecular flexibility index (Phi) is 2.84. The van der Waals surface area contributed by atoms with E-state index in [1.54, 1.807) is 6.92 Å². The Morgan fingerprint density at radius 2 is 2.19 bits per heavy atom. The lowest BCUT2D eigenvalue weighted by Crippen LogP contribution is -2.13. The molecule has 1 N–H and O–H groups in total. The van der Waals surface area contributed by atoms with Crippen molar-refractivity contribution >= 4 is 11.6 Å². The van der Waals surface area contributed by atoms with E-state index in [2.05, 4.69) is 0 Å². The van der Waals surface area contributed by atoms with Crippen molar-refractivity contribution in [2.75, 3.05) is 7.11 Å². The molecule has 0 aromatic heterocycles. The molecule has 1 aliphatic rings. The second-order valence-corrected chi connectivity index (χ2v) is 4.79. The van der Waals surface area contributed by atoms with Gasteiger partial charge in [-0.3, -0.25) is 0 Å². The van der Waals surface area contributed by atoms with Crippen LogP contribution in [0.25, 0.3) is 0 Å². The Bertz CT molecular complexity index is 428. The van der Waals surface area contributed by atoms with Crippen LogP contribution in [-0.4, -0.2) is 17.8 Å². The number of halogens is 2. The molecule has 0 amide bonds. The van der Waals surface area contributed by atoms with Gasteiger partial charge >= 0.3 is 0 Å². The third kappa shape index (κ3) is 2.02. The van der Waals surface area contributed by atoms with Crippen molar-refractivity contribution in [1.82, 2.24) is 0 Å². The molecule has 0 heterocycles. The molecule has 0 saturated heterocycles. The van der Waals surface area contributed by atoms with Gasteiger partial charge in [-0.1, -0.05) is 11.6 Å². The van der Waals surface area contributed by atoms with Crippen LogP contribution < -0.4 is 4.74 Å². The minimum atomic E-state index is -0.685. The number of hydrogen-bond acceptors (Lipinski definition) is 2. The third-order valence-electron chi connectivity index (χ3n) is 3.09. The largest absolute Gasteiger partial charge is 0.495 e. The van der Waals surface area contributed by atoms with Gasteiger partial charge in [0.2, 0.25) is 0 Å². The topological polar surface area (TPSA) is 29.5 Å². The van der Waals surface area contributed by atoms with Crippen molar-refractivity contribution in [3.05, 3.63) is 28.0 Å². The lowest BCUT2D eigenvalue weighted by molar-refractivity contribution is 0.149. The molecule has 0 bridgehead atoms. The monoisotopic (exact) mass is 244 g/mol. The molecule has 0 atom stereocenters. The zero-order valence-corrected chi connectivity index (χ0v) is 10.1. The van der Waals surface area contributed by atoms with E-state index in [4.69, 9.17) is 16.3 Å². The molecule has 4 heteroatoms. The van der Waals surface area contributed by atoms with E-state index in [-0.39, 0.29) is 10.8 Å². The van der Waals surface area contributed by atoms with Gasteiger partial charge in [0.15, 0.2) is 0 Å². The second-order valence-electron chi connectivity index (χ2n) is 4.38. The normalized spacial score (nSPS) is 17.3. The van der Waals surface area contributed by atoms with E-state index in [0.717, 1.165) is 12.8 Å². The molecule has 2 nitrogen and oxygen atoms in total. The molecular formula is C12H14ClFO2. The molecule has 1 aliphatic carbocycles. The molecule has 16 heavy (non-hydrogen) atoms. The first-order valence-electron chi connectivity index (χ1n) is 5.21. The third-order valence-corrected chi connectivity index (χ3v) is 3.37. The summed E-state index contributed by atoms with van der Waals surface area (Å²) in [6, 6.07) is 1.25. The van der Waals surface area contributed by atoms with Gasteiger partial charge in [0.05, 0.1) is 17.7 Å². The molecule has 1 saturated carbocycles. The minimum Gasteiger partial charge on any atom is -0.495 e. The summed E-state index contributed by atoms with van der Waals surface area (Å²) in [6.07, 6.45) is 1.91. The number of methoxy groups -OCH3 is 1. The molecule has 0 spiro atoms. The quantitative estimate of drug-likeness (QED) is 0.886. The van der Waals surface area contributed by atoms with Crippen LogP contribution in [0.2, 0.25) is 5.02 Å². The maximum absolute atomic E-state index is 13.5. The molecule has 0 unspecified atom stereocenters. The van der Waals surface area contributed by atoms with Crippen LogP contribution in [-0.2, 0) is 6.42 Å². The Morgan fingerprint density at radius 1 is 1.56 bits per heavy atom. The van der Waals surface area contributed by atoms with E-state index < -0.39 is 5.60 Å². The van der Waals surface area contributed by atoms with Crippen molar-refractivity contribution in [1.29, 1.82) is 0 Å². The smallest absolute Gasteiger partial charge is 0.141 e. The Morgan fingerprint density at radius 3 is 2.69 bits per heavy atom. The molecule has 0 radical (unpaired) electrons. The van der Waals surface area contributed by atoms with Gasteiger partial charge in [0.25, 0.3) is 0 Å². The Balaban J connectivity index is 2.47. The molecule has 1 fully saturated rings. The average molecular weight is 245 g/mol. The van der Waals surface area contributed by atoms with Gasteiger partial charge < -0.3 is 9.84 Å². The van der Waals surface area contributed by atoms with Gasteiger partial charge in [-0.2, -0.15) is 0 Å². The highest BCUT2D eigenvalue weighted by atomic mass is 35.5. The zero-order valence-electron chi connectivity index (χ0n) is 9.31. The Labute approximate surface area is 99.0 Å². The van der Waals surface area contributed by atoms with Crippen LogP contribution in [0.1, 0.15) is 24.0 Å². The highest BCUT2D eigenvalue weighted by Crippen LogP contribution is 2.43. The number of benzene rings is 1. The van der Waals surface area contributed by atoms with E-state index in [9.17, 15) is 9.50 Å². The highest BCUT2D eigenvalue weighted by Gasteiger charge is 2.41. The summed E-state index contributed by atoms with van der Waals surface area (Å²) in [7, 11) is 1.50. The van der Waals surface area contributed by atoms with Crippen LogP contribution in [0.3, 0.4) is 0 Å². The first-order valence-corrected chi connectivity index (χ1v) is 5.58. The van der Waals surface area contributed by atoms with Gasteiger partial charge in [-0.05, 0) is 31.4 Å². The predicted octanol–water partition coefficient (Wildman–Crippen LogP) is 2.86. The maximum atomic E-state index is 13.5. The van der Waals surface area contributed by atoms with Gasteiger partial charge in [-0.25, -0.2) is 4.39 Å². The molecule has 0 aliphatic heterocycles. The first kappa shape index (κ1) is 11.7. The van der Waals surface area contributed by atoms with Gasteiger partial charge in [0, 0.05) is 12.0 Å². The lowest BCUT2D eigenvalue weighted by Gasteiger charge is -2.16. The fraction of sp³-hybridized carbons (Fsp3) is 0.500. The Hall–Kier alpha value is -0.800. The van der Waals surface area contributed by atoms with Crippen LogP contribution in [0.4, 0.5) is 4.39 Å². The van der Waals surface area contributed by atoms with Crippen molar-refractivity contribution in [2.24, 2.45) is 0 Å². The van der Waals surface area contributed by atoms with E-state index in [1.807, 2.05) is 0 Å². The van der Waals surface area contributed by atoms with Crippen molar-refractivity contribution in [3.8, 4) is 5.75 Å². The van der Waals surface area contributed by atoms with Crippen LogP contribution in [0, 0.1) is 12.7 Å². The van der Waals surface area contributed by atoms with Crippen molar-refractivity contribution in [2.45, 2.75) is 31.8 Å². The number of rotatable bonds is 3. The van der Waals surface area contributed by atoms with Crippen molar-refractivity contribution < 1.29 is 14.2 Å². The van der Waals surface area contributed by atoms with Crippen LogP contribution in [0.5, 0.6) is 5.75 Å². The fourth-order valence-corrected chi connectivity index (χ4v) is 2.11. The first-order chi connectivity index (χ1) is 7.47. The van der Waals surface area contributed by atoms with Crippen LogP contribution >= 0.6 is 11.6 Å². The minimum absolute atomic E-state index is 0.254. The summed E-state index contributed by atoms with van der Waals surface area (Å²) in [5, 5.41) is 10.1. The predicted molar refractivity (Wildman–Crippen MR) is 60.6 cm³/mol. The van der Waals surface area contributed by atoms with E-state index in [1.165, 1.54) is 13.2 Å². The summed E-state index contributed by atoms with van der Waals surface area (Å²) in [5.74, 6) is 0.117. The van der Waals surface area contributed by atoms with E-state index in [0.29, 0.717) is 23.3 Å². The maximum Gasteiger partial charge on any atom is 0.141 e. The van der Waals surface area contributed by atoms with Gasteiger partial charge in [-0.15, -0.1) is 0 Å². The SMILES string of the molecule is COc1c(Cl)cc(F)c(C)c1CC1(O)CC1. The number of hydrogen-bond donors (Lipinski definition) is 1. The highest BCUT2D eigenvalue weighted by molar-refractivity contribution is 6.32. The lowest BCUT2D eigenvalue weighted by atomic mass is 9.99. The van der Waals surface area contributed by atoms with Crippen LogP contribution in [0.15, 0.2) is 6.07 Å². The zero-order chi connectivity index (χ0) is 11.9. The summed E-state index contributed by atoms with van der Waals surface area (Å²) >= 11 is 5.91. The summed E-state index contributed by atoms with van der Waals surface area (Å²) in [5.41, 5.74) is 0.490. The van der Waals surface area contributed by atoms with Gasteiger partial charge in [0.1, 0.15) is 11.6 Å². The number of aliphatic hydroxyl groups is 1. The van der Waals surface area contributed by atoms with E-state index >= 15 is 0 Å². The average Bonchev–Trinajstić information content (AvgIpc) is 2.93. The summed E-state index contributed by atoms with van der Waals surface area (Å²) in [4.78, 5) is 0. The van der Waals surface area contributed by atoms with Crippen molar-refractivity contribution in [3.63, 3.8) is 0 Å². The fourth-order valence-electron chi connectivity index (χ4n) is 1.83. The molecular weight excluding hydrogens is 231 g/mol. The molecule has 2 rings (SSSR count). The number of ether oxygens (including phenoxy) is 1.